The van der Waals surface area contributed by atoms with Crippen molar-refractivity contribution >= 4 is 32.5 Å². The Balaban J connectivity index is 1.82. The van der Waals surface area contributed by atoms with Gasteiger partial charge in [-0.25, -0.2) is 0 Å². The molecule has 1 aliphatic heterocycles. The van der Waals surface area contributed by atoms with E-state index < -0.39 is 0 Å². The summed E-state index contributed by atoms with van der Waals surface area (Å²) in [5.41, 5.74) is 2.09. The van der Waals surface area contributed by atoms with Crippen LogP contribution in [-0.2, 0) is 4.74 Å². The number of rotatable bonds is 3. The van der Waals surface area contributed by atoms with Crippen molar-refractivity contribution in [3.8, 4) is 0 Å². The van der Waals surface area contributed by atoms with E-state index in [9.17, 15) is 0 Å². The largest absolute Gasteiger partial charge is 0.381 e. The molecule has 1 aromatic carbocycles. The van der Waals surface area contributed by atoms with Crippen LogP contribution in [0.2, 0.25) is 0 Å². The van der Waals surface area contributed by atoms with E-state index in [0.717, 1.165) is 40.6 Å². The SMILES string of the molecule is Brc1cnc2c(NCC3CCCO3)cccc2c1. The molecule has 2 heterocycles. The number of nitrogens with one attached hydrogen (secondary N) is 1. The molecule has 94 valence electrons. The number of aromatic nitrogens is 1. The molecule has 0 amide bonds. The molecule has 0 spiro atoms. The van der Waals surface area contributed by atoms with Gasteiger partial charge in [-0.3, -0.25) is 4.98 Å². The molecule has 3 rings (SSSR count). The average Bonchev–Trinajstić information content (AvgIpc) is 2.89. The molecule has 1 aromatic heterocycles. The number of benzene rings is 1. The van der Waals surface area contributed by atoms with Crippen molar-refractivity contribution in [1.29, 1.82) is 0 Å². The molecule has 0 bridgehead atoms. The molecule has 0 aliphatic carbocycles. The Bertz CT molecular complexity index is 552. The fraction of sp³-hybridized carbons (Fsp3) is 0.357. The van der Waals surface area contributed by atoms with Gasteiger partial charge < -0.3 is 10.1 Å². The third kappa shape index (κ3) is 2.49. The van der Waals surface area contributed by atoms with Crippen LogP contribution >= 0.6 is 15.9 Å². The minimum absolute atomic E-state index is 0.343. The third-order valence-corrected chi connectivity index (χ3v) is 3.66. The second-order valence-corrected chi connectivity index (χ2v) is 5.46. The van der Waals surface area contributed by atoms with E-state index in [1.807, 2.05) is 12.3 Å². The van der Waals surface area contributed by atoms with Crippen molar-refractivity contribution in [3.63, 3.8) is 0 Å². The zero-order valence-electron chi connectivity index (χ0n) is 10.0. The van der Waals surface area contributed by atoms with Crippen molar-refractivity contribution in [2.45, 2.75) is 18.9 Å². The van der Waals surface area contributed by atoms with Crippen molar-refractivity contribution in [2.75, 3.05) is 18.5 Å². The molecule has 1 atom stereocenters. The maximum atomic E-state index is 5.62. The van der Waals surface area contributed by atoms with Gasteiger partial charge in [-0.2, -0.15) is 0 Å². The first-order valence-electron chi connectivity index (χ1n) is 6.23. The normalized spacial score (nSPS) is 19.3. The highest BCUT2D eigenvalue weighted by atomic mass is 79.9. The van der Waals surface area contributed by atoms with Gasteiger partial charge in [-0.15, -0.1) is 0 Å². The molecular weight excluding hydrogens is 292 g/mol. The first kappa shape index (κ1) is 11.9. The van der Waals surface area contributed by atoms with Crippen LogP contribution < -0.4 is 5.32 Å². The Morgan fingerprint density at radius 2 is 2.39 bits per heavy atom. The number of pyridine rings is 1. The van der Waals surface area contributed by atoms with Crippen LogP contribution in [0.15, 0.2) is 34.9 Å². The van der Waals surface area contributed by atoms with Crippen LogP contribution in [0.4, 0.5) is 5.69 Å². The summed E-state index contributed by atoms with van der Waals surface area (Å²) in [4.78, 5) is 4.48. The second-order valence-electron chi connectivity index (χ2n) is 4.55. The van der Waals surface area contributed by atoms with Gasteiger partial charge in [-0.05, 0) is 40.9 Å². The maximum absolute atomic E-state index is 5.62. The van der Waals surface area contributed by atoms with Gasteiger partial charge in [0.2, 0.25) is 0 Å². The molecule has 1 aliphatic rings. The van der Waals surface area contributed by atoms with E-state index in [2.05, 4.69) is 44.4 Å². The molecule has 1 fully saturated rings. The van der Waals surface area contributed by atoms with Crippen LogP contribution in [0.1, 0.15) is 12.8 Å². The molecule has 1 saturated heterocycles. The van der Waals surface area contributed by atoms with Gasteiger partial charge in [0, 0.05) is 29.2 Å². The van der Waals surface area contributed by atoms with Crippen LogP contribution in [0, 0.1) is 0 Å². The molecule has 2 aromatic rings. The van der Waals surface area contributed by atoms with Gasteiger partial charge in [-0.1, -0.05) is 12.1 Å². The highest BCUT2D eigenvalue weighted by molar-refractivity contribution is 9.10. The van der Waals surface area contributed by atoms with E-state index in [0.29, 0.717) is 6.10 Å². The van der Waals surface area contributed by atoms with E-state index in [-0.39, 0.29) is 0 Å². The number of para-hydroxylation sites is 1. The predicted molar refractivity (Wildman–Crippen MR) is 76.9 cm³/mol. The average molecular weight is 307 g/mol. The first-order valence-corrected chi connectivity index (χ1v) is 7.02. The quantitative estimate of drug-likeness (QED) is 0.941. The topological polar surface area (TPSA) is 34.2 Å². The minimum Gasteiger partial charge on any atom is -0.381 e. The van der Waals surface area contributed by atoms with E-state index >= 15 is 0 Å². The number of hydrogen-bond donors (Lipinski definition) is 1. The summed E-state index contributed by atoms with van der Waals surface area (Å²) in [5.74, 6) is 0. The molecule has 0 radical (unpaired) electrons. The summed E-state index contributed by atoms with van der Waals surface area (Å²) >= 11 is 3.45. The smallest absolute Gasteiger partial charge is 0.0934 e. The van der Waals surface area contributed by atoms with Crippen LogP contribution in [0.3, 0.4) is 0 Å². The number of ether oxygens (including phenoxy) is 1. The Morgan fingerprint density at radius 1 is 1.44 bits per heavy atom. The molecule has 3 nitrogen and oxygen atoms in total. The molecule has 1 N–H and O–H groups in total. The lowest BCUT2D eigenvalue weighted by molar-refractivity contribution is 0.120. The third-order valence-electron chi connectivity index (χ3n) is 3.22. The molecule has 4 heteroatoms. The van der Waals surface area contributed by atoms with E-state index in [1.54, 1.807) is 0 Å². The molecule has 18 heavy (non-hydrogen) atoms. The molecule has 1 unspecified atom stereocenters. The van der Waals surface area contributed by atoms with Crippen molar-refractivity contribution < 1.29 is 4.74 Å². The zero-order valence-corrected chi connectivity index (χ0v) is 11.6. The summed E-state index contributed by atoms with van der Waals surface area (Å²) in [6, 6.07) is 8.27. The maximum Gasteiger partial charge on any atom is 0.0934 e. The number of hydrogen-bond acceptors (Lipinski definition) is 3. The van der Waals surface area contributed by atoms with Gasteiger partial charge in [0.05, 0.1) is 17.3 Å². The number of nitrogens with zero attached hydrogens (tertiary/aromatic N) is 1. The van der Waals surface area contributed by atoms with Gasteiger partial charge in [0.1, 0.15) is 0 Å². The summed E-state index contributed by atoms with van der Waals surface area (Å²) in [6.07, 6.45) is 4.50. The summed E-state index contributed by atoms with van der Waals surface area (Å²) in [6.45, 7) is 1.75. The lowest BCUT2D eigenvalue weighted by atomic mass is 10.2. The number of fused-ring (bicyclic) bond motifs is 1. The number of anilines is 1. The lowest BCUT2D eigenvalue weighted by Crippen LogP contribution is -2.18. The van der Waals surface area contributed by atoms with Crippen LogP contribution in [0.5, 0.6) is 0 Å². The highest BCUT2D eigenvalue weighted by Crippen LogP contribution is 2.24. The Labute approximate surface area is 115 Å². The Morgan fingerprint density at radius 3 is 3.22 bits per heavy atom. The van der Waals surface area contributed by atoms with E-state index in [1.165, 1.54) is 6.42 Å². The monoisotopic (exact) mass is 306 g/mol. The van der Waals surface area contributed by atoms with Crippen LogP contribution in [-0.4, -0.2) is 24.2 Å². The minimum atomic E-state index is 0.343. The fourth-order valence-corrected chi connectivity index (χ4v) is 2.65. The van der Waals surface area contributed by atoms with Crippen molar-refractivity contribution in [3.05, 3.63) is 34.9 Å². The number of halogens is 1. The Hall–Kier alpha value is -1.13. The molecule has 0 saturated carbocycles. The molecular formula is C14H15BrN2O. The lowest BCUT2D eigenvalue weighted by Gasteiger charge is -2.13. The van der Waals surface area contributed by atoms with Gasteiger partial charge in [0.25, 0.3) is 0 Å². The Kier molecular flexibility index (Phi) is 3.48. The summed E-state index contributed by atoms with van der Waals surface area (Å²) < 4.78 is 6.62. The highest BCUT2D eigenvalue weighted by Gasteiger charge is 2.15. The first-order chi connectivity index (χ1) is 8.83. The summed E-state index contributed by atoms with van der Waals surface area (Å²) in [5, 5.41) is 4.59. The van der Waals surface area contributed by atoms with Crippen LogP contribution in [0.25, 0.3) is 10.9 Å². The zero-order chi connectivity index (χ0) is 12.4. The van der Waals surface area contributed by atoms with Crippen molar-refractivity contribution in [2.24, 2.45) is 0 Å². The second kappa shape index (κ2) is 5.24. The van der Waals surface area contributed by atoms with E-state index in [4.69, 9.17) is 4.74 Å². The fourth-order valence-electron chi connectivity index (χ4n) is 2.31. The standard InChI is InChI=1S/C14H15BrN2O/c15-11-7-10-3-1-5-13(14(10)17-8-11)16-9-12-4-2-6-18-12/h1,3,5,7-8,12,16H,2,4,6,9H2. The van der Waals surface area contributed by atoms with Gasteiger partial charge >= 0.3 is 0 Å². The van der Waals surface area contributed by atoms with Gasteiger partial charge in [0.15, 0.2) is 0 Å². The summed E-state index contributed by atoms with van der Waals surface area (Å²) in [7, 11) is 0. The van der Waals surface area contributed by atoms with Crippen molar-refractivity contribution in [1.82, 2.24) is 4.98 Å². The predicted octanol–water partition coefficient (Wildman–Crippen LogP) is 3.59.